The maximum atomic E-state index is 12.1. The lowest BCUT2D eigenvalue weighted by atomic mass is 9.71. The minimum Gasteiger partial charge on any atom is -0.389 e. The maximum Gasteiger partial charge on any atom is 0.350 e. The summed E-state index contributed by atoms with van der Waals surface area (Å²) in [5.74, 6) is -3.45. The first kappa shape index (κ1) is 14.8. The third kappa shape index (κ3) is 4.15. The number of rotatable bonds is 4. The molecule has 17 heavy (non-hydrogen) atoms. The van der Waals surface area contributed by atoms with Gasteiger partial charge in [-0.3, -0.25) is 0 Å². The monoisotopic (exact) mass is 271 g/mol. The quantitative estimate of drug-likeness (QED) is 0.813. The topological polar surface area (TPSA) is 66.4 Å². The number of hydrogen-bond acceptors (Lipinski definition) is 3. The Morgan fingerprint density at radius 1 is 1.24 bits per heavy atom. The van der Waals surface area contributed by atoms with Crippen molar-refractivity contribution in [3.8, 4) is 0 Å². The van der Waals surface area contributed by atoms with Gasteiger partial charge in [0.05, 0.1) is 5.60 Å². The third-order valence-corrected chi connectivity index (χ3v) is 4.39. The average molecular weight is 271 g/mol. The first-order chi connectivity index (χ1) is 7.56. The fraction of sp³-hybridized carbons (Fsp3) is 1.00. The van der Waals surface area contributed by atoms with Crippen LogP contribution in [0.5, 0.6) is 0 Å². The molecule has 1 saturated carbocycles. The van der Waals surface area contributed by atoms with Gasteiger partial charge in [0.2, 0.25) is 0 Å². The predicted molar refractivity (Wildman–Crippen MR) is 60.1 cm³/mol. The minimum absolute atomic E-state index is 0.119. The molecule has 0 radical (unpaired) electrons. The van der Waals surface area contributed by atoms with Crippen molar-refractivity contribution in [3.05, 3.63) is 0 Å². The van der Waals surface area contributed by atoms with Crippen molar-refractivity contribution in [3.63, 3.8) is 0 Å². The van der Waals surface area contributed by atoms with E-state index in [2.05, 4.69) is 13.8 Å². The van der Waals surface area contributed by atoms with E-state index in [1.807, 2.05) is 0 Å². The van der Waals surface area contributed by atoms with E-state index >= 15 is 0 Å². The van der Waals surface area contributed by atoms with E-state index in [1.165, 1.54) is 0 Å². The van der Waals surface area contributed by atoms with Gasteiger partial charge in [-0.05, 0) is 31.1 Å². The number of halogens is 2. The molecule has 1 aliphatic carbocycles. The lowest BCUT2D eigenvalue weighted by Gasteiger charge is -2.40. The summed E-state index contributed by atoms with van der Waals surface area (Å²) in [4.78, 5) is 0. The van der Waals surface area contributed by atoms with Gasteiger partial charge >= 0.3 is 5.76 Å². The van der Waals surface area contributed by atoms with E-state index in [0.29, 0.717) is 12.8 Å². The fourth-order valence-electron chi connectivity index (χ4n) is 1.87. The Hall–Kier alpha value is -0.270. The van der Waals surface area contributed by atoms with Gasteiger partial charge in [0.25, 0.3) is 10.0 Å². The van der Waals surface area contributed by atoms with Gasteiger partial charge in [-0.15, -0.1) is 0 Å². The van der Waals surface area contributed by atoms with Gasteiger partial charge in [0.1, 0.15) is 0 Å². The molecular weight excluding hydrogens is 252 g/mol. The van der Waals surface area contributed by atoms with Crippen LogP contribution < -0.4 is 4.72 Å². The van der Waals surface area contributed by atoms with Crippen molar-refractivity contribution in [2.24, 2.45) is 5.41 Å². The standard InChI is InChI=1S/C10H19F2NO3S/c1-9(2)3-5-10(14,6-4-9)7-13-17(15,16)8(11)12/h8,13-14H,3-7H2,1-2H3. The molecule has 0 spiro atoms. The molecular formula is C10H19F2NO3S. The molecule has 1 fully saturated rings. The molecule has 1 aliphatic rings. The Morgan fingerprint density at radius 2 is 1.71 bits per heavy atom. The minimum atomic E-state index is -4.61. The van der Waals surface area contributed by atoms with Crippen LogP contribution in [0.1, 0.15) is 39.5 Å². The van der Waals surface area contributed by atoms with Gasteiger partial charge < -0.3 is 5.11 Å². The molecule has 0 aromatic rings. The Labute approximate surface area is 100 Å². The second kappa shape index (κ2) is 4.78. The van der Waals surface area contributed by atoms with E-state index in [1.54, 1.807) is 4.72 Å². The molecule has 0 amide bonds. The van der Waals surface area contributed by atoms with Gasteiger partial charge in [-0.2, -0.15) is 8.78 Å². The summed E-state index contributed by atoms with van der Waals surface area (Å²) in [5, 5.41) is 10.1. The van der Waals surface area contributed by atoms with E-state index in [0.717, 1.165) is 12.8 Å². The SMILES string of the molecule is CC1(C)CCC(O)(CNS(=O)(=O)C(F)F)CC1. The Morgan fingerprint density at radius 3 is 2.12 bits per heavy atom. The summed E-state index contributed by atoms with van der Waals surface area (Å²) in [7, 11) is -4.61. The van der Waals surface area contributed by atoms with Crippen molar-refractivity contribution >= 4 is 10.0 Å². The molecule has 7 heteroatoms. The number of sulfonamides is 1. The van der Waals surface area contributed by atoms with Crippen LogP contribution in [0.4, 0.5) is 8.78 Å². The first-order valence-corrected chi connectivity index (χ1v) is 7.10. The maximum absolute atomic E-state index is 12.1. The van der Waals surface area contributed by atoms with Gasteiger partial charge in [0, 0.05) is 6.54 Å². The van der Waals surface area contributed by atoms with Gasteiger partial charge in [-0.1, -0.05) is 13.8 Å². The van der Waals surface area contributed by atoms with Crippen molar-refractivity contribution in [1.82, 2.24) is 4.72 Å². The fourth-order valence-corrected chi connectivity index (χ4v) is 2.46. The highest BCUT2D eigenvalue weighted by molar-refractivity contribution is 7.89. The second-order valence-electron chi connectivity index (χ2n) is 5.52. The van der Waals surface area contributed by atoms with Crippen LogP contribution in [-0.2, 0) is 10.0 Å². The van der Waals surface area contributed by atoms with Crippen LogP contribution in [0.25, 0.3) is 0 Å². The van der Waals surface area contributed by atoms with E-state index in [9.17, 15) is 22.3 Å². The van der Waals surface area contributed by atoms with Crippen LogP contribution in [0.2, 0.25) is 0 Å². The highest BCUT2D eigenvalue weighted by Crippen LogP contribution is 2.39. The average Bonchev–Trinajstić information content (AvgIpc) is 2.21. The molecule has 0 aliphatic heterocycles. The van der Waals surface area contributed by atoms with Gasteiger partial charge in [-0.25, -0.2) is 13.1 Å². The highest BCUT2D eigenvalue weighted by Gasteiger charge is 2.38. The number of aliphatic hydroxyl groups is 1. The Balaban J connectivity index is 2.53. The number of nitrogens with one attached hydrogen (secondary N) is 1. The predicted octanol–water partition coefficient (Wildman–Crippen LogP) is 1.46. The smallest absolute Gasteiger partial charge is 0.350 e. The van der Waals surface area contributed by atoms with Crippen LogP contribution in [-0.4, -0.2) is 31.4 Å². The van der Waals surface area contributed by atoms with Crippen molar-refractivity contribution < 1.29 is 22.3 Å². The Kier molecular flexibility index (Phi) is 4.16. The summed E-state index contributed by atoms with van der Waals surface area (Å²) in [6.07, 6.45) is 2.34. The summed E-state index contributed by atoms with van der Waals surface area (Å²) in [5.41, 5.74) is -1.08. The van der Waals surface area contributed by atoms with E-state index in [4.69, 9.17) is 0 Å². The number of alkyl halides is 2. The van der Waals surface area contributed by atoms with Gasteiger partial charge in [0.15, 0.2) is 0 Å². The Bertz CT molecular complexity index is 358. The summed E-state index contributed by atoms with van der Waals surface area (Å²) in [6.45, 7) is 3.79. The molecule has 0 unspecified atom stereocenters. The molecule has 0 heterocycles. The van der Waals surface area contributed by atoms with Crippen LogP contribution >= 0.6 is 0 Å². The molecule has 1 rings (SSSR count). The summed E-state index contributed by atoms with van der Waals surface area (Å²) in [6, 6.07) is 0. The zero-order chi connectivity index (χ0) is 13.3. The van der Waals surface area contributed by atoms with Crippen LogP contribution in [0.3, 0.4) is 0 Å². The molecule has 4 nitrogen and oxygen atoms in total. The molecule has 0 saturated heterocycles. The lowest BCUT2D eigenvalue weighted by molar-refractivity contribution is -0.0208. The van der Waals surface area contributed by atoms with Crippen molar-refractivity contribution in [2.45, 2.75) is 50.9 Å². The molecule has 0 aromatic carbocycles. The molecule has 0 atom stereocenters. The second-order valence-corrected chi connectivity index (χ2v) is 7.25. The highest BCUT2D eigenvalue weighted by atomic mass is 32.2. The normalized spacial score (nSPS) is 23.9. The molecule has 0 bridgehead atoms. The van der Waals surface area contributed by atoms with Crippen LogP contribution in [0, 0.1) is 5.41 Å². The van der Waals surface area contributed by atoms with Crippen molar-refractivity contribution in [1.29, 1.82) is 0 Å². The van der Waals surface area contributed by atoms with Crippen LogP contribution in [0.15, 0.2) is 0 Å². The largest absolute Gasteiger partial charge is 0.389 e. The van der Waals surface area contributed by atoms with E-state index < -0.39 is 21.4 Å². The molecule has 2 N–H and O–H groups in total. The summed E-state index contributed by atoms with van der Waals surface area (Å²) >= 11 is 0. The zero-order valence-electron chi connectivity index (χ0n) is 10.0. The van der Waals surface area contributed by atoms with E-state index in [-0.39, 0.29) is 12.0 Å². The first-order valence-electron chi connectivity index (χ1n) is 5.55. The molecule has 0 aromatic heterocycles. The molecule has 102 valence electrons. The van der Waals surface area contributed by atoms with Crippen molar-refractivity contribution in [2.75, 3.05) is 6.54 Å². The summed E-state index contributed by atoms with van der Waals surface area (Å²) < 4.78 is 47.7. The number of hydrogen-bond donors (Lipinski definition) is 2. The lowest BCUT2D eigenvalue weighted by Crippen LogP contribution is -2.47. The third-order valence-electron chi connectivity index (χ3n) is 3.37. The zero-order valence-corrected chi connectivity index (χ0v) is 10.9.